The molecule has 0 spiro atoms. The molecule has 7 heteroatoms. The maximum atomic E-state index is 5.68. The molecule has 1 fully saturated rings. The fourth-order valence-corrected chi connectivity index (χ4v) is 4.89. The number of thiazole rings is 1. The summed E-state index contributed by atoms with van der Waals surface area (Å²) in [5.74, 6) is 1.87. The lowest BCUT2D eigenvalue weighted by molar-refractivity contribution is -0.898. The van der Waals surface area contributed by atoms with Crippen molar-refractivity contribution in [1.82, 2.24) is 14.5 Å². The van der Waals surface area contributed by atoms with Gasteiger partial charge in [-0.15, -0.1) is 0 Å². The summed E-state index contributed by atoms with van der Waals surface area (Å²) in [6, 6.07) is 10.4. The highest BCUT2D eigenvalue weighted by molar-refractivity contribution is 7.73. The molecule has 0 aliphatic carbocycles. The minimum Gasteiger partial charge on any atom is -0.344 e. The first-order chi connectivity index (χ1) is 12.7. The standard InChI is InChI=1S/C19H23N5S2/c1-3-22-9-11-23(12-10-22)17-16-18(21-14(2)20-17)24(19(25)26-16)13-15-7-5-4-6-8-15/h4-8H,3,9-13H2,1-2H3/p+1. The number of anilines is 1. The molecule has 3 aromatic rings. The van der Waals surface area contributed by atoms with E-state index in [9.17, 15) is 0 Å². The van der Waals surface area contributed by atoms with Gasteiger partial charge in [-0.3, -0.25) is 0 Å². The van der Waals surface area contributed by atoms with Gasteiger partial charge in [-0.2, -0.15) is 0 Å². The van der Waals surface area contributed by atoms with E-state index < -0.39 is 0 Å². The zero-order chi connectivity index (χ0) is 18.1. The molecule has 136 valence electrons. The third-order valence-corrected chi connectivity index (χ3v) is 6.50. The van der Waals surface area contributed by atoms with E-state index in [1.165, 1.54) is 12.1 Å². The molecular formula is C19H24N5S2+. The molecule has 0 radical (unpaired) electrons. The molecule has 1 N–H and O–H groups in total. The van der Waals surface area contributed by atoms with Crippen molar-refractivity contribution in [2.75, 3.05) is 37.6 Å². The lowest BCUT2D eigenvalue weighted by Crippen LogP contribution is -3.14. The summed E-state index contributed by atoms with van der Waals surface area (Å²) in [7, 11) is 0. The molecule has 1 saturated heterocycles. The summed E-state index contributed by atoms with van der Waals surface area (Å²) in [6.45, 7) is 10.6. The molecule has 0 saturated carbocycles. The van der Waals surface area contributed by atoms with E-state index in [0.717, 1.165) is 58.7 Å². The number of rotatable bonds is 4. The lowest BCUT2D eigenvalue weighted by atomic mass is 10.2. The predicted octanol–water partition coefficient (Wildman–Crippen LogP) is 2.30. The number of hydrogen-bond donors (Lipinski definition) is 1. The fourth-order valence-electron chi connectivity index (χ4n) is 3.54. The first-order valence-corrected chi connectivity index (χ1v) is 10.4. The van der Waals surface area contributed by atoms with E-state index in [-0.39, 0.29) is 0 Å². The van der Waals surface area contributed by atoms with Crippen molar-refractivity contribution in [1.29, 1.82) is 0 Å². The van der Waals surface area contributed by atoms with Crippen molar-refractivity contribution in [3.8, 4) is 0 Å². The number of quaternary nitrogens is 1. The molecule has 1 aromatic carbocycles. The molecule has 0 unspecified atom stereocenters. The fraction of sp³-hybridized carbons (Fsp3) is 0.421. The van der Waals surface area contributed by atoms with Crippen LogP contribution in [0.15, 0.2) is 30.3 Å². The number of aromatic nitrogens is 3. The molecule has 0 atom stereocenters. The van der Waals surface area contributed by atoms with Gasteiger partial charge >= 0.3 is 0 Å². The number of benzene rings is 1. The van der Waals surface area contributed by atoms with Crippen LogP contribution in [0.2, 0.25) is 0 Å². The van der Waals surface area contributed by atoms with Crippen LogP contribution in [-0.2, 0) is 6.54 Å². The molecule has 26 heavy (non-hydrogen) atoms. The Balaban J connectivity index is 1.74. The van der Waals surface area contributed by atoms with E-state index >= 15 is 0 Å². The van der Waals surface area contributed by atoms with Crippen molar-refractivity contribution in [3.63, 3.8) is 0 Å². The summed E-state index contributed by atoms with van der Waals surface area (Å²) < 4.78 is 4.13. The predicted molar refractivity (Wildman–Crippen MR) is 110 cm³/mol. The average Bonchev–Trinajstić information content (AvgIpc) is 2.97. The molecule has 4 rings (SSSR count). The number of likely N-dealkylation sites (N-methyl/N-ethyl adjacent to an activating group) is 1. The SMILES string of the molecule is CC[NH+]1CCN(c2nc(C)nc3c2sc(=S)n3Cc2ccccc2)CC1. The summed E-state index contributed by atoms with van der Waals surface area (Å²) in [4.78, 5) is 13.6. The van der Waals surface area contributed by atoms with Gasteiger partial charge in [0.2, 0.25) is 0 Å². The van der Waals surface area contributed by atoms with Crippen molar-refractivity contribution in [2.45, 2.75) is 20.4 Å². The molecule has 0 amide bonds. The molecule has 2 aromatic heterocycles. The normalized spacial score (nSPS) is 15.7. The van der Waals surface area contributed by atoms with Gasteiger partial charge in [0.15, 0.2) is 15.4 Å². The Hall–Kier alpha value is -1.83. The van der Waals surface area contributed by atoms with Crippen LogP contribution < -0.4 is 9.80 Å². The Kier molecular flexibility index (Phi) is 5.02. The zero-order valence-electron chi connectivity index (χ0n) is 15.2. The van der Waals surface area contributed by atoms with E-state index in [1.54, 1.807) is 16.2 Å². The maximum Gasteiger partial charge on any atom is 0.163 e. The Morgan fingerprint density at radius 2 is 1.88 bits per heavy atom. The second-order valence-electron chi connectivity index (χ2n) is 6.78. The van der Waals surface area contributed by atoms with Gasteiger partial charge in [-0.05, 0) is 31.6 Å². The highest BCUT2D eigenvalue weighted by Gasteiger charge is 2.23. The molecule has 1 aliphatic rings. The van der Waals surface area contributed by atoms with E-state index in [4.69, 9.17) is 22.2 Å². The van der Waals surface area contributed by atoms with Crippen LogP contribution in [-0.4, -0.2) is 47.3 Å². The lowest BCUT2D eigenvalue weighted by Gasteiger charge is -2.32. The maximum absolute atomic E-state index is 5.68. The van der Waals surface area contributed by atoms with Crippen LogP contribution in [0.25, 0.3) is 10.3 Å². The largest absolute Gasteiger partial charge is 0.344 e. The summed E-state index contributed by atoms with van der Waals surface area (Å²) in [6.07, 6.45) is 0. The average molecular weight is 387 g/mol. The van der Waals surface area contributed by atoms with Crippen molar-refractivity contribution >= 4 is 39.7 Å². The minimum atomic E-state index is 0.753. The van der Waals surface area contributed by atoms with Gasteiger partial charge in [0.1, 0.15) is 10.5 Å². The quantitative estimate of drug-likeness (QED) is 0.699. The van der Waals surface area contributed by atoms with Gasteiger partial charge in [0.25, 0.3) is 0 Å². The van der Waals surface area contributed by atoms with E-state index in [2.05, 4.69) is 40.7 Å². The van der Waals surface area contributed by atoms with Crippen LogP contribution in [0.1, 0.15) is 18.3 Å². The molecule has 1 aliphatic heterocycles. The molecular weight excluding hydrogens is 362 g/mol. The van der Waals surface area contributed by atoms with Crippen LogP contribution >= 0.6 is 23.6 Å². The van der Waals surface area contributed by atoms with Crippen molar-refractivity contribution in [2.24, 2.45) is 0 Å². The number of nitrogens with one attached hydrogen (secondary N) is 1. The van der Waals surface area contributed by atoms with Gasteiger partial charge in [-0.25, -0.2) is 9.97 Å². The smallest absolute Gasteiger partial charge is 0.163 e. The van der Waals surface area contributed by atoms with Crippen molar-refractivity contribution in [3.05, 3.63) is 45.7 Å². The first kappa shape index (κ1) is 17.6. The van der Waals surface area contributed by atoms with Crippen LogP contribution in [0.3, 0.4) is 0 Å². The highest BCUT2D eigenvalue weighted by Crippen LogP contribution is 2.31. The number of nitrogens with zero attached hydrogens (tertiary/aromatic N) is 4. The van der Waals surface area contributed by atoms with Gasteiger partial charge < -0.3 is 14.4 Å². The van der Waals surface area contributed by atoms with E-state index in [1.807, 2.05) is 13.0 Å². The van der Waals surface area contributed by atoms with Crippen LogP contribution in [0, 0.1) is 10.9 Å². The van der Waals surface area contributed by atoms with Gasteiger partial charge in [0.05, 0.1) is 39.3 Å². The Labute approximate surface area is 162 Å². The first-order valence-electron chi connectivity index (χ1n) is 9.16. The Morgan fingerprint density at radius 3 is 2.58 bits per heavy atom. The third kappa shape index (κ3) is 3.39. The van der Waals surface area contributed by atoms with Crippen molar-refractivity contribution < 1.29 is 4.90 Å². The Morgan fingerprint density at radius 1 is 1.15 bits per heavy atom. The number of piperazine rings is 1. The topological polar surface area (TPSA) is 38.4 Å². The zero-order valence-corrected chi connectivity index (χ0v) is 16.9. The van der Waals surface area contributed by atoms with Gasteiger partial charge in [-0.1, -0.05) is 41.7 Å². The summed E-state index contributed by atoms with van der Waals surface area (Å²) in [5.41, 5.74) is 2.21. The number of fused-ring (bicyclic) bond motifs is 1. The van der Waals surface area contributed by atoms with Crippen LogP contribution in [0.4, 0.5) is 5.82 Å². The number of aryl methyl sites for hydroxylation is 1. The van der Waals surface area contributed by atoms with E-state index in [0.29, 0.717) is 0 Å². The third-order valence-electron chi connectivity index (χ3n) is 5.06. The number of hydrogen-bond acceptors (Lipinski definition) is 5. The second-order valence-corrected chi connectivity index (χ2v) is 8.42. The Bertz CT molecular complexity index is 955. The minimum absolute atomic E-state index is 0.753. The highest BCUT2D eigenvalue weighted by atomic mass is 32.1. The second kappa shape index (κ2) is 7.42. The molecule has 0 bridgehead atoms. The van der Waals surface area contributed by atoms with Gasteiger partial charge in [0, 0.05) is 0 Å². The monoisotopic (exact) mass is 386 g/mol. The molecule has 3 heterocycles. The molecule has 5 nitrogen and oxygen atoms in total. The van der Waals surface area contributed by atoms with Crippen LogP contribution in [0.5, 0.6) is 0 Å². The summed E-state index contributed by atoms with van der Waals surface area (Å²) >= 11 is 7.32. The summed E-state index contributed by atoms with van der Waals surface area (Å²) in [5, 5.41) is 0.